The summed E-state index contributed by atoms with van der Waals surface area (Å²) in [6.07, 6.45) is -0.784. The maximum absolute atomic E-state index is 12.4. The lowest BCUT2D eigenvalue weighted by molar-refractivity contribution is -0.137. The first-order valence-electron chi connectivity index (χ1n) is 8.79. The molecule has 144 valence electrons. The monoisotopic (exact) mass is 371 g/mol. The van der Waals surface area contributed by atoms with Crippen molar-refractivity contribution in [3.05, 3.63) is 59.2 Å². The fraction of sp³-hybridized carbons (Fsp3) is 0.333. The Kier molecular flexibility index (Phi) is 7.10. The summed E-state index contributed by atoms with van der Waals surface area (Å²) in [5.74, 6) is -1.14. The van der Waals surface area contributed by atoms with Crippen molar-refractivity contribution < 1.29 is 24.2 Å². The van der Waals surface area contributed by atoms with E-state index in [-0.39, 0.29) is 17.4 Å². The van der Waals surface area contributed by atoms with Crippen LogP contribution in [0, 0.1) is 12.8 Å². The zero-order chi connectivity index (χ0) is 20.0. The first-order valence-corrected chi connectivity index (χ1v) is 8.79. The number of esters is 2. The Bertz CT molecular complexity index is 799. The van der Waals surface area contributed by atoms with Crippen molar-refractivity contribution in [2.75, 3.05) is 13.6 Å². The van der Waals surface area contributed by atoms with E-state index in [1.807, 2.05) is 19.1 Å². The fourth-order valence-electron chi connectivity index (χ4n) is 2.28. The molecule has 2 N–H and O–H groups in total. The van der Waals surface area contributed by atoms with Gasteiger partial charge >= 0.3 is 11.9 Å². The maximum Gasteiger partial charge on any atom is 0.343 e. The van der Waals surface area contributed by atoms with E-state index >= 15 is 0 Å². The van der Waals surface area contributed by atoms with Gasteiger partial charge in [-0.05, 0) is 43.8 Å². The van der Waals surface area contributed by atoms with E-state index in [1.165, 1.54) is 12.1 Å². The van der Waals surface area contributed by atoms with Crippen LogP contribution in [0.5, 0.6) is 11.5 Å². The van der Waals surface area contributed by atoms with Gasteiger partial charge in [-0.15, -0.1) is 0 Å². The first kappa shape index (κ1) is 20.6. The van der Waals surface area contributed by atoms with E-state index in [0.29, 0.717) is 17.7 Å². The smallest absolute Gasteiger partial charge is 0.343 e. The summed E-state index contributed by atoms with van der Waals surface area (Å²) in [6.45, 7) is 5.67. The number of carbonyl (C=O) groups is 2. The van der Waals surface area contributed by atoms with E-state index in [4.69, 9.17) is 9.47 Å². The Morgan fingerprint density at radius 2 is 1.70 bits per heavy atom. The van der Waals surface area contributed by atoms with Crippen LogP contribution in [-0.4, -0.2) is 30.6 Å². The van der Waals surface area contributed by atoms with Gasteiger partial charge in [-0.1, -0.05) is 37.6 Å². The molecule has 0 bridgehead atoms. The van der Waals surface area contributed by atoms with Crippen LogP contribution < -0.4 is 14.8 Å². The molecule has 0 heterocycles. The molecule has 0 saturated heterocycles. The predicted molar refractivity (Wildman–Crippen MR) is 102 cm³/mol. The van der Waals surface area contributed by atoms with Crippen LogP contribution in [0.1, 0.15) is 41.4 Å². The first-order chi connectivity index (χ1) is 12.8. The summed E-state index contributed by atoms with van der Waals surface area (Å²) in [7, 11) is 1.72. The van der Waals surface area contributed by atoms with Gasteiger partial charge in [0, 0.05) is 6.54 Å². The molecule has 27 heavy (non-hydrogen) atoms. The highest BCUT2D eigenvalue weighted by Gasteiger charge is 2.19. The highest BCUT2D eigenvalue weighted by Crippen LogP contribution is 2.32. The molecule has 6 heteroatoms. The standard InChI is InChI=1S/C21H25NO5/c1-13(2)20(24)27-19-11-16(17(23)12-22-4)9-10-18(19)26-21(25)15-7-5-14(3)6-8-15/h5-11,13,17,22-23H,12H2,1-4H3. The van der Waals surface area contributed by atoms with Gasteiger partial charge in [0.25, 0.3) is 0 Å². The number of benzene rings is 2. The number of rotatable bonds is 7. The van der Waals surface area contributed by atoms with Crippen molar-refractivity contribution in [1.82, 2.24) is 5.32 Å². The lowest BCUT2D eigenvalue weighted by atomic mass is 10.1. The molecule has 0 amide bonds. The Morgan fingerprint density at radius 1 is 1.04 bits per heavy atom. The van der Waals surface area contributed by atoms with Crippen LogP contribution in [0.4, 0.5) is 0 Å². The molecule has 0 aliphatic heterocycles. The molecule has 0 fully saturated rings. The number of hydrogen-bond acceptors (Lipinski definition) is 6. The Labute approximate surface area is 159 Å². The highest BCUT2D eigenvalue weighted by molar-refractivity contribution is 5.91. The summed E-state index contributed by atoms with van der Waals surface area (Å²) in [6, 6.07) is 11.6. The molecule has 0 aliphatic carbocycles. The van der Waals surface area contributed by atoms with Crippen LogP contribution in [0.2, 0.25) is 0 Å². The minimum absolute atomic E-state index is 0.0989. The second-order valence-electron chi connectivity index (χ2n) is 6.61. The van der Waals surface area contributed by atoms with Gasteiger partial charge in [0.15, 0.2) is 11.5 Å². The molecule has 2 aromatic rings. The molecule has 2 aromatic carbocycles. The van der Waals surface area contributed by atoms with Crippen LogP contribution in [0.25, 0.3) is 0 Å². The van der Waals surface area contributed by atoms with E-state index in [0.717, 1.165) is 5.56 Å². The molecule has 0 radical (unpaired) electrons. The topological polar surface area (TPSA) is 84.9 Å². The van der Waals surface area contributed by atoms with Crippen molar-refractivity contribution in [2.24, 2.45) is 5.92 Å². The predicted octanol–water partition coefficient (Wildman–Crippen LogP) is 3.03. The summed E-state index contributed by atoms with van der Waals surface area (Å²) in [5, 5.41) is 13.0. The third-order valence-corrected chi connectivity index (χ3v) is 3.92. The average Bonchev–Trinajstić information content (AvgIpc) is 2.63. The van der Waals surface area contributed by atoms with Gasteiger partial charge in [0.2, 0.25) is 0 Å². The van der Waals surface area contributed by atoms with Gasteiger partial charge in [-0.2, -0.15) is 0 Å². The van der Waals surface area contributed by atoms with E-state index in [2.05, 4.69) is 5.32 Å². The number of aliphatic hydroxyl groups excluding tert-OH is 1. The Morgan fingerprint density at radius 3 is 2.30 bits per heavy atom. The van der Waals surface area contributed by atoms with Gasteiger partial charge in [-0.25, -0.2) is 4.79 Å². The molecule has 1 atom stereocenters. The summed E-state index contributed by atoms with van der Waals surface area (Å²) >= 11 is 0. The van der Waals surface area contributed by atoms with Crippen molar-refractivity contribution in [1.29, 1.82) is 0 Å². The van der Waals surface area contributed by atoms with Crippen molar-refractivity contribution in [3.63, 3.8) is 0 Å². The third-order valence-electron chi connectivity index (χ3n) is 3.92. The lowest BCUT2D eigenvalue weighted by Crippen LogP contribution is -2.18. The molecule has 0 aromatic heterocycles. The lowest BCUT2D eigenvalue weighted by Gasteiger charge is -2.16. The quantitative estimate of drug-likeness (QED) is 0.575. The van der Waals surface area contributed by atoms with Crippen LogP contribution >= 0.6 is 0 Å². The van der Waals surface area contributed by atoms with Crippen molar-refractivity contribution in [3.8, 4) is 11.5 Å². The number of carbonyl (C=O) groups excluding carboxylic acids is 2. The SMILES string of the molecule is CNCC(O)c1ccc(OC(=O)c2ccc(C)cc2)c(OC(=O)C(C)C)c1. The molecular formula is C21H25NO5. The molecule has 2 rings (SSSR count). The number of nitrogens with one attached hydrogen (secondary N) is 1. The zero-order valence-electron chi connectivity index (χ0n) is 16.0. The molecule has 6 nitrogen and oxygen atoms in total. The minimum Gasteiger partial charge on any atom is -0.422 e. The third kappa shape index (κ3) is 5.64. The Hall–Kier alpha value is -2.70. The summed E-state index contributed by atoms with van der Waals surface area (Å²) in [5.41, 5.74) is 1.97. The number of ether oxygens (including phenoxy) is 2. The van der Waals surface area contributed by atoms with Gasteiger partial charge in [-0.3, -0.25) is 4.79 Å². The minimum atomic E-state index is -0.784. The molecule has 0 saturated carbocycles. The number of likely N-dealkylation sites (N-methyl/N-ethyl adjacent to an activating group) is 1. The van der Waals surface area contributed by atoms with Crippen LogP contribution in [0.15, 0.2) is 42.5 Å². The fourth-order valence-corrected chi connectivity index (χ4v) is 2.28. The maximum atomic E-state index is 12.4. The molecule has 0 spiro atoms. The Balaban J connectivity index is 2.30. The van der Waals surface area contributed by atoms with E-state index in [1.54, 1.807) is 39.1 Å². The number of aliphatic hydroxyl groups is 1. The average molecular weight is 371 g/mol. The van der Waals surface area contributed by atoms with Gasteiger partial charge < -0.3 is 19.9 Å². The zero-order valence-corrected chi connectivity index (χ0v) is 16.0. The largest absolute Gasteiger partial charge is 0.422 e. The number of aryl methyl sites for hydroxylation is 1. The summed E-state index contributed by atoms with van der Waals surface area (Å²) < 4.78 is 10.8. The van der Waals surface area contributed by atoms with Gasteiger partial charge in [0.1, 0.15) is 0 Å². The highest BCUT2D eigenvalue weighted by atomic mass is 16.6. The van der Waals surface area contributed by atoms with Crippen molar-refractivity contribution >= 4 is 11.9 Å². The number of hydrogen-bond donors (Lipinski definition) is 2. The second kappa shape index (κ2) is 9.30. The van der Waals surface area contributed by atoms with Crippen molar-refractivity contribution in [2.45, 2.75) is 26.9 Å². The molecule has 1 unspecified atom stereocenters. The molecular weight excluding hydrogens is 346 g/mol. The van der Waals surface area contributed by atoms with Crippen LogP contribution in [0.3, 0.4) is 0 Å². The van der Waals surface area contributed by atoms with E-state index in [9.17, 15) is 14.7 Å². The van der Waals surface area contributed by atoms with Crippen LogP contribution in [-0.2, 0) is 4.79 Å². The summed E-state index contributed by atoms with van der Waals surface area (Å²) in [4.78, 5) is 24.4. The second-order valence-corrected chi connectivity index (χ2v) is 6.61. The molecule has 0 aliphatic rings. The van der Waals surface area contributed by atoms with Gasteiger partial charge in [0.05, 0.1) is 17.6 Å². The normalized spacial score (nSPS) is 11.9. The van der Waals surface area contributed by atoms with E-state index < -0.39 is 18.0 Å².